The van der Waals surface area contributed by atoms with Crippen LogP contribution in [0.4, 0.5) is 0 Å². The molecule has 1 fully saturated rings. The number of aromatic nitrogens is 2. The van der Waals surface area contributed by atoms with Gasteiger partial charge in [0.15, 0.2) is 23.7 Å². The summed E-state index contributed by atoms with van der Waals surface area (Å²) in [6.07, 6.45) is 0.489. The van der Waals surface area contributed by atoms with E-state index in [9.17, 15) is 14.4 Å². The monoisotopic (exact) mass is 460 g/mol. The van der Waals surface area contributed by atoms with E-state index in [0.29, 0.717) is 11.4 Å². The molecule has 2 aromatic rings. The second kappa shape index (κ2) is 10.4. The number of rotatable bonds is 6. The quantitative estimate of drug-likeness (QED) is 0.471. The van der Waals surface area contributed by atoms with E-state index >= 15 is 0 Å². The molecule has 0 amide bonds. The summed E-state index contributed by atoms with van der Waals surface area (Å²) in [5, 5.41) is 0. The number of esters is 3. The van der Waals surface area contributed by atoms with Crippen molar-refractivity contribution < 1.29 is 33.3 Å². The number of hydrogen-bond acceptors (Lipinski definition) is 10. The molecule has 1 aliphatic rings. The highest BCUT2D eigenvalue weighted by molar-refractivity contribution is 7.99. The largest absolute Gasteiger partial charge is 0.473 e. The van der Waals surface area contributed by atoms with Crippen molar-refractivity contribution in [1.29, 1.82) is 0 Å². The van der Waals surface area contributed by atoms with Crippen molar-refractivity contribution in [2.24, 2.45) is 0 Å². The Morgan fingerprint density at radius 1 is 0.906 bits per heavy atom. The molecule has 1 unspecified atom stereocenters. The number of carbonyl (C=O) groups excluding carboxylic acids is 3. The average molecular weight is 461 g/mol. The Morgan fingerprint density at radius 2 is 1.53 bits per heavy atom. The lowest BCUT2D eigenvalue weighted by Gasteiger charge is -2.40. The molecule has 3 rings (SSSR count). The van der Waals surface area contributed by atoms with E-state index in [4.69, 9.17) is 18.9 Å². The summed E-state index contributed by atoms with van der Waals surface area (Å²) in [7, 11) is 0. The summed E-state index contributed by atoms with van der Waals surface area (Å²) in [6.45, 7) is 5.61. The van der Waals surface area contributed by atoms with Gasteiger partial charge in [-0.1, -0.05) is 0 Å². The number of nitrogens with zero attached hydrogens (tertiary/aromatic N) is 2. The SMILES string of the molecule is CC(=O)O[C@H]1[C@H](OC(C)=O)CSC(Oc2ccc(C)nc2-c2ccncc2)[C@@H]1OC(C)=O. The number of carbonyl (C=O) groups is 3. The molecule has 0 radical (unpaired) electrons. The highest BCUT2D eigenvalue weighted by Gasteiger charge is 2.47. The van der Waals surface area contributed by atoms with Crippen LogP contribution in [0, 0.1) is 6.92 Å². The zero-order chi connectivity index (χ0) is 23.3. The van der Waals surface area contributed by atoms with Gasteiger partial charge in [-0.2, -0.15) is 0 Å². The van der Waals surface area contributed by atoms with Crippen molar-refractivity contribution in [1.82, 2.24) is 9.97 Å². The van der Waals surface area contributed by atoms with Crippen LogP contribution in [0.3, 0.4) is 0 Å². The molecule has 2 aromatic heterocycles. The first-order valence-corrected chi connectivity index (χ1v) is 11.0. The Kier molecular flexibility index (Phi) is 7.68. The minimum Gasteiger partial charge on any atom is -0.473 e. The number of pyridine rings is 2. The highest BCUT2D eigenvalue weighted by atomic mass is 32.2. The summed E-state index contributed by atoms with van der Waals surface area (Å²) >= 11 is 1.29. The summed E-state index contributed by atoms with van der Waals surface area (Å²) in [6, 6.07) is 7.21. The molecule has 1 aliphatic heterocycles. The third-order valence-corrected chi connectivity index (χ3v) is 5.71. The summed E-state index contributed by atoms with van der Waals surface area (Å²) < 4.78 is 22.5. The lowest BCUT2D eigenvalue weighted by atomic mass is 10.1. The van der Waals surface area contributed by atoms with Gasteiger partial charge in [0.05, 0.1) is 0 Å². The molecule has 0 saturated carbocycles. The first-order valence-electron chi connectivity index (χ1n) is 9.92. The zero-order valence-electron chi connectivity index (χ0n) is 18.1. The van der Waals surface area contributed by atoms with Gasteiger partial charge in [0, 0.05) is 50.2 Å². The lowest BCUT2D eigenvalue weighted by molar-refractivity contribution is -0.186. The van der Waals surface area contributed by atoms with Crippen molar-refractivity contribution in [2.75, 3.05) is 5.75 Å². The molecule has 0 spiro atoms. The topological polar surface area (TPSA) is 114 Å². The fourth-order valence-corrected chi connectivity index (χ4v) is 4.50. The summed E-state index contributed by atoms with van der Waals surface area (Å²) in [5.41, 5.74) is 1.46. The standard InChI is InChI=1S/C22H24N2O7S/c1-12-5-6-17(19(24-12)16-7-9-23-10-8-16)31-22-21(30-15(4)27)20(29-14(3)26)18(11-32-22)28-13(2)25/h5-10,18,20-22H,11H2,1-4H3/t18-,20+,21-,22?/m1/s1. The highest BCUT2D eigenvalue weighted by Crippen LogP contribution is 2.37. The second-order valence-corrected chi connectivity index (χ2v) is 8.28. The van der Waals surface area contributed by atoms with Crippen LogP contribution in [0.15, 0.2) is 36.7 Å². The zero-order valence-corrected chi connectivity index (χ0v) is 19.0. The molecule has 0 aliphatic carbocycles. The van der Waals surface area contributed by atoms with Crippen molar-refractivity contribution in [3.05, 3.63) is 42.4 Å². The Labute approximate surface area is 189 Å². The number of ether oxygens (including phenoxy) is 4. The molecule has 10 heteroatoms. The predicted molar refractivity (Wildman–Crippen MR) is 116 cm³/mol. The maximum atomic E-state index is 11.8. The Bertz CT molecular complexity index is 985. The molecule has 4 atom stereocenters. The van der Waals surface area contributed by atoms with Gasteiger partial charge >= 0.3 is 17.9 Å². The van der Waals surface area contributed by atoms with Gasteiger partial charge in [-0.3, -0.25) is 19.4 Å². The molecule has 1 saturated heterocycles. The van der Waals surface area contributed by atoms with Crippen molar-refractivity contribution in [3.63, 3.8) is 0 Å². The van der Waals surface area contributed by atoms with Crippen LogP contribution >= 0.6 is 11.8 Å². The van der Waals surface area contributed by atoms with E-state index in [1.807, 2.05) is 19.1 Å². The van der Waals surface area contributed by atoms with Crippen LogP contribution in [-0.4, -0.2) is 57.4 Å². The molecule has 0 aromatic carbocycles. The maximum absolute atomic E-state index is 11.8. The van der Waals surface area contributed by atoms with E-state index in [1.165, 1.54) is 32.5 Å². The van der Waals surface area contributed by atoms with Gasteiger partial charge < -0.3 is 18.9 Å². The van der Waals surface area contributed by atoms with Crippen LogP contribution in [0.5, 0.6) is 5.75 Å². The van der Waals surface area contributed by atoms with Crippen LogP contribution in [-0.2, 0) is 28.6 Å². The molecule has 3 heterocycles. The van der Waals surface area contributed by atoms with Crippen LogP contribution in [0.1, 0.15) is 26.5 Å². The fraction of sp³-hybridized carbons (Fsp3) is 0.409. The van der Waals surface area contributed by atoms with Gasteiger partial charge in [-0.05, 0) is 31.2 Å². The summed E-state index contributed by atoms with van der Waals surface area (Å²) in [5.74, 6) is -0.963. The number of thioether (sulfide) groups is 1. The van der Waals surface area contributed by atoms with E-state index in [2.05, 4.69) is 9.97 Å². The molecule has 0 bridgehead atoms. The van der Waals surface area contributed by atoms with E-state index < -0.39 is 41.7 Å². The Morgan fingerprint density at radius 3 is 2.16 bits per heavy atom. The van der Waals surface area contributed by atoms with Crippen molar-refractivity contribution in [2.45, 2.75) is 51.4 Å². The molecule has 32 heavy (non-hydrogen) atoms. The smallest absolute Gasteiger partial charge is 0.303 e. The third-order valence-electron chi connectivity index (χ3n) is 4.50. The van der Waals surface area contributed by atoms with Gasteiger partial charge in [0.25, 0.3) is 0 Å². The van der Waals surface area contributed by atoms with Gasteiger partial charge in [-0.15, -0.1) is 11.8 Å². The van der Waals surface area contributed by atoms with Gasteiger partial charge in [0.1, 0.15) is 11.4 Å². The van der Waals surface area contributed by atoms with Crippen molar-refractivity contribution >= 4 is 29.7 Å². The lowest BCUT2D eigenvalue weighted by Crippen LogP contribution is -2.55. The van der Waals surface area contributed by atoms with E-state index in [1.54, 1.807) is 24.5 Å². The molecular weight excluding hydrogens is 436 g/mol. The first kappa shape index (κ1) is 23.5. The molecular formula is C22H24N2O7S. The maximum Gasteiger partial charge on any atom is 0.303 e. The molecule has 9 nitrogen and oxygen atoms in total. The van der Waals surface area contributed by atoms with Crippen LogP contribution in [0.2, 0.25) is 0 Å². The number of aryl methyl sites for hydroxylation is 1. The minimum absolute atomic E-state index is 0.282. The van der Waals surface area contributed by atoms with Crippen molar-refractivity contribution in [3.8, 4) is 17.0 Å². The average Bonchev–Trinajstić information content (AvgIpc) is 2.73. The van der Waals surface area contributed by atoms with Gasteiger partial charge in [0.2, 0.25) is 0 Å². The third kappa shape index (κ3) is 5.97. The number of hydrogen-bond donors (Lipinski definition) is 0. The molecule has 170 valence electrons. The Balaban J connectivity index is 1.95. The van der Waals surface area contributed by atoms with Crippen LogP contribution < -0.4 is 4.74 Å². The van der Waals surface area contributed by atoms with Gasteiger partial charge in [-0.25, -0.2) is 4.98 Å². The van der Waals surface area contributed by atoms with E-state index in [0.717, 1.165) is 11.3 Å². The first-order chi connectivity index (χ1) is 15.2. The van der Waals surface area contributed by atoms with E-state index in [-0.39, 0.29) is 5.75 Å². The minimum atomic E-state index is -1.02. The van der Waals surface area contributed by atoms with Crippen LogP contribution in [0.25, 0.3) is 11.3 Å². The Hall–Kier alpha value is -3.14. The fourth-order valence-electron chi connectivity index (χ4n) is 3.29. The molecule has 0 N–H and O–H groups in total. The predicted octanol–water partition coefficient (Wildman–Crippen LogP) is 2.70. The summed E-state index contributed by atoms with van der Waals surface area (Å²) in [4.78, 5) is 43.8. The normalized spacial score (nSPS) is 22.5. The second-order valence-electron chi connectivity index (χ2n) is 7.15.